The van der Waals surface area contributed by atoms with Crippen molar-refractivity contribution in [2.45, 2.75) is 6.92 Å². The molecule has 1 N–H and O–H groups in total. The molecule has 0 amide bonds. The Labute approximate surface area is 82.5 Å². The van der Waals surface area contributed by atoms with E-state index in [2.05, 4.69) is 0 Å². The molecule has 1 aromatic rings. The van der Waals surface area contributed by atoms with Gasteiger partial charge in [0.15, 0.2) is 5.69 Å². The normalized spacial score (nSPS) is 18.8. The molecule has 72 valence electrons. The molecule has 1 heterocycles. The SMILES string of the molecule is CC(=O)O[NH+]1CC=Cc2ccccc21. The van der Waals surface area contributed by atoms with E-state index in [0.29, 0.717) is 6.54 Å². The van der Waals surface area contributed by atoms with Crippen LogP contribution >= 0.6 is 0 Å². The molecule has 1 aromatic carbocycles. The summed E-state index contributed by atoms with van der Waals surface area (Å²) < 4.78 is 0. The minimum absolute atomic E-state index is 0.259. The monoisotopic (exact) mass is 190 g/mol. The van der Waals surface area contributed by atoms with Crippen LogP contribution in [0.4, 0.5) is 5.69 Å². The second kappa shape index (κ2) is 3.64. The lowest BCUT2D eigenvalue weighted by Gasteiger charge is -2.18. The van der Waals surface area contributed by atoms with Crippen molar-refractivity contribution < 1.29 is 14.7 Å². The second-order valence-electron chi connectivity index (χ2n) is 3.21. The smallest absolute Gasteiger partial charge is 0.273 e. The van der Waals surface area contributed by atoms with Crippen molar-refractivity contribution in [1.29, 1.82) is 0 Å². The van der Waals surface area contributed by atoms with Crippen LogP contribution in [0, 0.1) is 0 Å². The van der Waals surface area contributed by atoms with Gasteiger partial charge in [0.2, 0.25) is 0 Å². The van der Waals surface area contributed by atoms with Crippen LogP contribution in [0.2, 0.25) is 0 Å². The maximum atomic E-state index is 10.9. The summed E-state index contributed by atoms with van der Waals surface area (Å²) in [5, 5.41) is 0.746. The molecule has 1 atom stereocenters. The van der Waals surface area contributed by atoms with Crippen LogP contribution in [-0.2, 0) is 9.63 Å². The number of carbonyl (C=O) groups is 1. The van der Waals surface area contributed by atoms with Gasteiger partial charge in [-0.2, -0.15) is 0 Å². The van der Waals surface area contributed by atoms with E-state index in [0.717, 1.165) is 16.3 Å². The van der Waals surface area contributed by atoms with Crippen LogP contribution in [0.1, 0.15) is 12.5 Å². The Balaban J connectivity index is 2.31. The maximum absolute atomic E-state index is 10.9. The molecular weight excluding hydrogens is 178 g/mol. The first-order chi connectivity index (χ1) is 6.77. The highest BCUT2D eigenvalue weighted by molar-refractivity contribution is 5.66. The highest BCUT2D eigenvalue weighted by atomic mass is 16.7. The first-order valence-electron chi connectivity index (χ1n) is 4.57. The van der Waals surface area contributed by atoms with Gasteiger partial charge in [-0.05, 0) is 18.2 Å². The predicted octanol–water partition coefficient (Wildman–Crippen LogP) is 0.708. The number of hydrogen-bond donors (Lipinski definition) is 1. The fourth-order valence-corrected chi connectivity index (χ4v) is 1.57. The van der Waals surface area contributed by atoms with Crippen LogP contribution in [-0.4, -0.2) is 12.5 Å². The van der Waals surface area contributed by atoms with Gasteiger partial charge in [-0.15, -0.1) is 5.06 Å². The van der Waals surface area contributed by atoms with Gasteiger partial charge in [0.1, 0.15) is 6.54 Å². The van der Waals surface area contributed by atoms with Gasteiger partial charge in [-0.25, -0.2) is 4.79 Å². The van der Waals surface area contributed by atoms with Crippen molar-refractivity contribution in [3.05, 3.63) is 35.9 Å². The van der Waals surface area contributed by atoms with Gasteiger partial charge in [-0.1, -0.05) is 12.1 Å². The number of hydrogen-bond acceptors (Lipinski definition) is 2. The van der Waals surface area contributed by atoms with Crippen molar-refractivity contribution in [1.82, 2.24) is 0 Å². The molecule has 0 saturated heterocycles. The van der Waals surface area contributed by atoms with Crippen LogP contribution in [0.3, 0.4) is 0 Å². The molecule has 1 aliphatic heterocycles. The lowest BCUT2D eigenvalue weighted by atomic mass is 10.1. The third-order valence-corrected chi connectivity index (χ3v) is 2.13. The number of nitrogens with one attached hydrogen (secondary N) is 1. The molecule has 0 aromatic heterocycles. The van der Waals surface area contributed by atoms with Crippen molar-refractivity contribution in [3.8, 4) is 0 Å². The zero-order chi connectivity index (χ0) is 9.97. The molecule has 0 saturated carbocycles. The molecular formula is C11H12NO2+. The third-order valence-electron chi connectivity index (χ3n) is 2.13. The summed E-state index contributed by atoms with van der Waals surface area (Å²) in [5.74, 6) is -0.259. The van der Waals surface area contributed by atoms with Gasteiger partial charge < -0.3 is 0 Å². The van der Waals surface area contributed by atoms with E-state index in [9.17, 15) is 4.79 Å². The molecule has 3 nitrogen and oxygen atoms in total. The molecule has 1 unspecified atom stereocenters. The predicted molar refractivity (Wildman–Crippen MR) is 52.7 cm³/mol. The van der Waals surface area contributed by atoms with Gasteiger partial charge in [0.05, 0.1) is 0 Å². The quantitative estimate of drug-likeness (QED) is 0.707. The second-order valence-corrected chi connectivity index (χ2v) is 3.21. The average Bonchev–Trinajstić information content (AvgIpc) is 2.18. The zero-order valence-electron chi connectivity index (χ0n) is 7.99. The molecule has 1 aliphatic rings. The standard InChI is InChI=1S/C11H11NO2/c1-9(13)14-12-8-4-6-10-5-2-3-7-11(10)12/h2-7H,8H2,1H3/p+1. The van der Waals surface area contributed by atoms with E-state index < -0.39 is 0 Å². The number of fused-ring (bicyclic) bond motifs is 1. The maximum Gasteiger partial charge on any atom is 0.364 e. The molecule has 14 heavy (non-hydrogen) atoms. The molecule has 0 aliphatic carbocycles. The van der Waals surface area contributed by atoms with Gasteiger partial charge in [0.25, 0.3) is 0 Å². The Kier molecular flexibility index (Phi) is 2.33. The minimum atomic E-state index is -0.259. The summed E-state index contributed by atoms with van der Waals surface area (Å²) in [7, 11) is 0. The van der Waals surface area contributed by atoms with E-state index in [1.807, 2.05) is 36.4 Å². The van der Waals surface area contributed by atoms with Crippen LogP contribution in [0.5, 0.6) is 0 Å². The van der Waals surface area contributed by atoms with Gasteiger partial charge in [-0.3, -0.25) is 4.84 Å². The van der Waals surface area contributed by atoms with Gasteiger partial charge >= 0.3 is 5.97 Å². The molecule has 0 spiro atoms. The summed E-state index contributed by atoms with van der Waals surface area (Å²) in [4.78, 5) is 16.0. The van der Waals surface area contributed by atoms with Crippen LogP contribution < -0.4 is 5.06 Å². The van der Waals surface area contributed by atoms with Crippen molar-refractivity contribution in [3.63, 3.8) is 0 Å². The van der Waals surface area contributed by atoms with Crippen molar-refractivity contribution in [2.24, 2.45) is 0 Å². The van der Waals surface area contributed by atoms with Crippen LogP contribution in [0.25, 0.3) is 6.08 Å². The van der Waals surface area contributed by atoms with Crippen molar-refractivity contribution in [2.75, 3.05) is 6.54 Å². The number of para-hydroxylation sites is 1. The Morgan fingerprint density at radius 1 is 1.43 bits per heavy atom. The van der Waals surface area contributed by atoms with Crippen molar-refractivity contribution >= 4 is 17.7 Å². The number of hydroxylamine groups is 1. The number of quaternary nitrogens is 1. The summed E-state index contributed by atoms with van der Waals surface area (Å²) in [5.41, 5.74) is 2.13. The van der Waals surface area contributed by atoms with E-state index in [4.69, 9.17) is 4.84 Å². The Morgan fingerprint density at radius 2 is 2.21 bits per heavy atom. The average molecular weight is 190 g/mol. The number of carbonyl (C=O) groups excluding carboxylic acids is 1. The first kappa shape index (κ1) is 8.97. The fourth-order valence-electron chi connectivity index (χ4n) is 1.57. The lowest BCUT2D eigenvalue weighted by Crippen LogP contribution is -3.07. The van der Waals surface area contributed by atoms with E-state index in [1.165, 1.54) is 6.92 Å². The zero-order valence-corrected chi connectivity index (χ0v) is 7.99. The number of benzene rings is 1. The van der Waals surface area contributed by atoms with E-state index in [1.54, 1.807) is 0 Å². The summed E-state index contributed by atoms with van der Waals surface area (Å²) in [6.45, 7) is 2.12. The summed E-state index contributed by atoms with van der Waals surface area (Å²) in [6.07, 6.45) is 4.04. The molecule has 0 fully saturated rings. The van der Waals surface area contributed by atoms with Crippen LogP contribution in [0.15, 0.2) is 30.3 Å². The fraction of sp³-hybridized carbons (Fsp3) is 0.182. The molecule has 3 heteroatoms. The third kappa shape index (κ3) is 1.67. The highest BCUT2D eigenvalue weighted by Gasteiger charge is 2.20. The van der Waals surface area contributed by atoms with E-state index >= 15 is 0 Å². The Morgan fingerprint density at radius 3 is 3.00 bits per heavy atom. The minimum Gasteiger partial charge on any atom is -0.273 e. The summed E-state index contributed by atoms with van der Waals surface area (Å²) >= 11 is 0. The topological polar surface area (TPSA) is 30.7 Å². The first-order valence-corrected chi connectivity index (χ1v) is 4.57. The Hall–Kier alpha value is -1.61. The number of rotatable bonds is 1. The molecule has 2 rings (SSSR count). The van der Waals surface area contributed by atoms with Gasteiger partial charge in [0, 0.05) is 18.6 Å². The lowest BCUT2D eigenvalue weighted by molar-refractivity contribution is -1.02. The highest BCUT2D eigenvalue weighted by Crippen LogP contribution is 2.14. The molecule has 0 bridgehead atoms. The largest absolute Gasteiger partial charge is 0.364 e. The van der Waals surface area contributed by atoms with E-state index in [-0.39, 0.29) is 5.97 Å². The summed E-state index contributed by atoms with van der Waals surface area (Å²) in [6, 6.07) is 7.90. The Bertz CT molecular complexity index is 385. The molecule has 0 radical (unpaired) electrons.